The predicted molar refractivity (Wildman–Crippen MR) is 77.5 cm³/mol. The van der Waals surface area contributed by atoms with Crippen LogP contribution in [0, 0.1) is 5.92 Å². The topological polar surface area (TPSA) is 50.3 Å². The van der Waals surface area contributed by atoms with E-state index in [1.165, 1.54) is 6.42 Å². The van der Waals surface area contributed by atoms with Crippen molar-refractivity contribution in [2.75, 3.05) is 37.0 Å². The number of nitrogens with zero attached hydrogens (tertiary/aromatic N) is 3. The van der Waals surface area contributed by atoms with Crippen LogP contribution in [0.4, 0.5) is 11.6 Å². The number of nitrogens with one attached hydrogen (secondary N) is 1. The molecule has 2 rings (SSSR count). The lowest BCUT2D eigenvalue weighted by atomic mass is 10.2. The zero-order valence-corrected chi connectivity index (χ0v) is 12.1. The Balaban J connectivity index is 2.18. The Morgan fingerprint density at radius 1 is 1.47 bits per heavy atom. The molecule has 1 aliphatic rings. The van der Waals surface area contributed by atoms with Crippen LogP contribution in [0.5, 0.6) is 0 Å². The van der Waals surface area contributed by atoms with E-state index in [-0.39, 0.29) is 0 Å². The first-order chi connectivity index (χ1) is 9.22. The zero-order chi connectivity index (χ0) is 13.7. The van der Waals surface area contributed by atoms with E-state index in [0.29, 0.717) is 6.61 Å². The van der Waals surface area contributed by atoms with E-state index in [1.807, 2.05) is 6.07 Å². The number of rotatable bonds is 6. The molecule has 1 aliphatic heterocycles. The minimum atomic E-state index is 0.456. The van der Waals surface area contributed by atoms with Crippen molar-refractivity contribution in [3.8, 4) is 0 Å². The molecule has 1 unspecified atom stereocenters. The highest BCUT2D eigenvalue weighted by molar-refractivity contribution is 5.50. The van der Waals surface area contributed by atoms with Crippen LogP contribution in [0.3, 0.4) is 0 Å². The molecule has 0 amide bonds. The molecule has 5 heteroatoms. The fourth-order valence-corrected chi connectivity index (χ4v) is 2.33. The van der Waals surface area contributed by atoms with Gasteiger partial charge in [0.1, 0.15) is 18.2 Å². The lowest BCUT2D eigenvalue weighted by molar-refractivity contribution is 0.178. The van der Waals surface area contributed by atoms with Crippen LogP contribution in [0.15, 0.2) is 6.07 Å². The van der Waals surface area contributed by atoms with Crippen molar-refractivity contribution in [1.29, 1.82) is 0 Å². The molecule has 0 aliphatic carbocycles. The molecule has 1 aromatic heterocycles. The van der Waals surface area contributed by atoms with Gasteiger partial charge in [-0.1, -0.05) is 13.8 Å². The molecule has 0 radical (unpaired) electrons. The fraction of sp³-hybridized carbons (Fsp3) is 0.714. The lowest BCUT2D eigenvalue weighted by Gasteiger charge is -2.18. The molecule has 2 heterocycles. The highest BCUT2D eigenvalue weighted by Crippen LogP contribution is 2.23. The van der Waals surface area contributed by atoms with Crippen LogP contribution >= 0.6 is 0 Å². The number of aromatic nitrogens is 2. The maximum absolute atomic E-state index is 5.15. The van der Waals surface area contributed by atoms with E-state index >= 15 is 0 Å². The third-order valence-electron chi connectivity index (χ3n) is 3.34. The van der Waals surface area contributed by atoms with Gasteiger partial charge in [0.25, 0.3) is 0 Å². The van der Waals surface area contributed by atoms with Gasteiger partial charge in [0.05, 0.1) is 0 Å². The quantitative estimate of drug-likeness (QED) is 0.854. The third kappa shape index (κ3) is 3.80. The van der Waals surface area contributed by atoms with Crippen molar-refractivity contribution >= 4 is 11.6 Å². The monoisotopic (exact) mass is 264 g/mol. The number of hydrogen-bond acceptors (Lipinski definition) is 5. The summed E-state index contributed by atoms with van der Waals surface area (Å²) in [6.45, 7) is 7.98. The second kappa shape index (κ2) is 6.70. The van der Waals surface area contributed by atoms with E-state index in [4.69, 9.17) is 4.74 Å². The summed E-state index contributed by atoms with van der Waals surface area (Å²) in [5, 5.41) is 3.33. The molecule has 1 saturated heterocycles. The van der Waals surface area contributed by atoms with Crippen molar-refractivity contribution in [3.05, 3.63) is 11.9 Å². The predicted octanol–water partition coefficient (Wildman–Crippen LogP) is 2.29. The van der Waals surface area contributed by atoms with E-state index < -0.39 is 0 Å². The molecule has 106 valence electrons. The fourth-order valence-electron chi connectivity index (χ4n) is 2.33. The Labute approximate surface area is 115 Å². The second-order valence-corrected chi connectivity index (χ2v) is 5.23. The smallest absolute Gasteiger partial charge is 0.158 e. The van der Waals surface area contributed by atoms with Gasteiger partial charge in [-0.15, -0.1) is 0 Å². The van der Waals surface area contributed by atoms with Crippen LogP contribution in [0.1, 0.15) is 32.5 Å². The summed E-state index contributed by atoms with van der Waals surface area (Å²) in [6, 6.07) is 2.05. The van der Waals surface area contributed by atoms with Gasteiger partial charge in [-0.25, -0.2) is 9.97 Å². The summed E-state index contributed by atoms with van der Waals surface area (Å²) in [5.41, 5.74) is 0. The molecular formula is C14H24N4O. The first-order valence-electron chi connectivity index (χ1n) is 7.08. The number of methoxy groups -OCH3 is 1. The van der Waals surface area contributed by atoms with Crippen LogP contribution in [-0.4, -0.2) is 36.7 Å². The third-order valence-corrected chi connectivity index (χ3v) is 3.34. The minimum Gasteiger partial charge on any atom is -0.377 e. The van der Waals surface area contributed by atoms with Gasteiger partial charge < -0.3 is 15.0 Å². The number of anilines is 2. The summed E-state index contributed by atoms with van der Waals surface area (Å²) in [6.07, 6.45) is 2.32. The standard InChI is InChI=1S/C14H24N4O/c1-4-6-15-12-8-14(17-13(16-12)10-19-3)18-7-5-11(2)9-18/h8,11H,4-7,9-10H2,1-3H3,(H,15,16,17). The van der Waals surface area contributed by atoms with Gasteiger partial charge in [-0.3, -0.25) is 0 Å². The molecule has 5 nitrogen and oxygen atoms in total. The van der Waals surface area contributed by atoms with Crippen LogP contribution in [0.2, 0.25) is 0 Å². The average Bonchev–Trinajstić information content (AvgIpc) is 2.83. The summed E-state index contributed by atoms with van der Waals surface area (Å²) in [4.78, 5) is 11.4. The van der Waals surface area contributed by atoms with Crippen molar-refractivity contribution in [1.82, 2.24) is 9.97 Å². The number of hydrogen-bond donors (Lipinski definition) is 1. The Morgan fingerprint density at radius 3 is 2.95 bits per heavy atom. The van der Waals surface area contributed by atoms with Crippen LogP contribution in [0.25, 0.3) is 0 Å². The highest BCUT2D eigenvalue weighted by Gasteiger charge is 2.21. The molecule has 0 aromatic carbocycles. The summed E-state index contributed by atoms with van der Waals surface area (Å²) in [7, 11) is 1.67. The first kappa shape index (κ1) is 14.1. The highest BCUT2D eigenvalue weighted by atomic mass is 16.5. The van der Waals surface area contributed by atoms with Crippen molar-refractivity contribution in [2.45, 2.75) is 33.3 Å². The minimum absolute atomic E-state index is 0.456. The normalized spacial score (nSPS) is 18.9. The van der Waals surface area contributed by atoms with Gasteiger partial charge in [-0.2, -0.15) is 0 Å². The molecule has 0 spiro atoms. The molecule has 1 N–H and O–H groups in total. The maximum atomic E-state index is 5.15. The Morgan fingerprint density at radius 2 is 2.32 bits per heavy atom. The summed E-state index contributed by atoms with van der Waals surface area (Å²) in [5.74, 6) is 3.41. The zero-order valence-electron chi connectivity index (χ0n) is 12.1. The largest absolute Gasteiger partial charge is 0.377 e. The first-order valence-corrected chi connectivity index (χ1v) is 7.08. The average molecular weight is 264 g/mol. The molecule has 1 atom stereocenters. The van der Waals surface area contributed by atoms with E-state index in [0.717, 1.165) is 49.4 Å². The van der Waals surface area contributed by atoms with E-state index in [9.17, 15) is 0 Å². The van der Waals surface area contributed by atoms with Crippen molar-refractivity contribution in [3.63, 3.8) is 0 Å². The van der Waals surface area contributed by atoms with Gasteiger partial charge >= 0.3 is 0 Å². The van der Waals surface area contributed by atoms with E-state index in [1.54, 1.807) is 7.11 Å². The van der Waals surface area contributed by atoms with Gasteiger partial charge in [-0.05, 0) is 18.8 Å². The molecule has 1 aromatic rings. The Bertz CT molecular complexity index is 410. The van der Waals surface area contributed by atoms with E-state index in [2.05, 4.69) is 34.0 Å². The Kier molecular flexibility index (Phi) is 4.96. The molecule has 0 saturated carbocycles. The summed E-state index contributed by atoms with van der Waals surface area (Å²) >= 11 is 0. The molecular weight excluding hydrogens is 240 g/mol. The van der Waals surface area contributed by atoms with Crippen molar-refractivity contribution in [2.24, 2.45) is 5.92 Å². The van der Waals surface area contributed by atoms with Crippen molar-refractivity contribution < 1.29 is 4.74 Å². The summed E-state index contributed by atoms with van der Waals surface area (Å²) < 4.78 is 5.15. The lowest BCUT2D eigenvalue weighted by Crippen LogP contribution is -2.21. The van der Waals surface area contributed by atoms with Gasteiger partial charge in [0, 0.05) is 32.8 Å². The van der Waals surface area contributed by atoms with Gasteiger partial charge in [0.15, 0.2) is 5.82 Å². The van der Waals surface area contributed by atoms with Crippen LogP contribution < -0.4 is 10.2 Å². The Hall–Kier alpha value is -1.36. The number of ether oxygens (including phenoxy) is 1. The van der Waals surface area contributed by atoms with Crippen LogP contribution in [-0.2, 0) is 11.3 Å². The maximum Gasteiger partial charge on any atom is 0.158 e. The molecule has 1 fully saturated rings. The second-order valence-electron chi connectivity index (χ2n) is 5.23. The van der Waals surface area contributed by atoms with Gasteiger partial charge in [0.2, 0.25) is 0 Å². The SMILES string of the molecule is CCCNc1cc(N2CCC(C)C2)nc(COC)n1. The molecule has 19 heavy (non-hydrogen) atoms. The molecule has 0 bridgehead atoms.